The number of nitrogens with zero attached hydrogens (tertiary/aromatic N) is 3. The highest BCUT2D eigenvalue weighted by Crippen LogP contribution is 2.30. The number of hydrogen-bond acceptors (Lipinski definition) is 5. The first-order valence-electron chi connectivity index (χ1n) is 8.09. The molecule has 0 bridgehead atoms. The molecule has 0 fully saturated rings. The molecule has 1 aliphatic rings. The molecule has 1 aromatic carbocycles. The van der Waals surface area contributed by atoms with Gasteiger partial charge in [-0.1, -0.05) is 6.07 Å². The maximum atomic E-state index is 13.0. The number of aromatic nitrogens is 2. The predicted molar refractivity (Wildman–Crippen MR) is 96.8 cm³/mol. The maximum absolute atomic E-state index is 13.0. The van der Waals surface area contributed by atoms with Crippen molar-refractivity contribution in [2.45, 2.75) is 13.5 Å². The zero-order valence-corrected chi connectivity index (χ0v) is 14.6. The first-order valence-corrected chi connectivity index (χ1v) is 8.97. The van der Waals surface area contributed by atoms with E-state index in [4.69, 9.17) is 4.74 Å². The van der Waals surface area contributed by atoms with E-state index in [1.165, 1.54) is 0 Å². The van der Waals surface area contributed by atoms with Gasteiger partial charge in [0, 0.05) is 17.1 Å². The summed E-state index contributed by atoms with van der Waals surface area (Å²) in [5, 5.41) is 3.01. The van der Waals surface area contributed by atoms with Crippen LogP contribution >= 0.6 is 11.3 Å². The van der Waals surface area contributed by atoms with Crippen LogP contribution in [0.1, 0.15) is 21.1 Å². The van der Waals surface area contributed by atoms with E-state index in [0.29, 0.717) is 31.0 Å². The van der Waals surface area contributed by atoms with Gasteiger partial charge in [-0.25, -0.2) is 4.98 Å². The first kappa shape index (κ1) is 15.8. The molecule has 0 aliphatic carbocycles. The van der Waals surface area contributed by atoms with Crippen molar-refractivity contribution in [2.24, 2.45) is 0 Å². The molecular weight excluding hydrogens is 334 g/mol. The summed E-state index contributed by atoms with van der Waals surface area (Å²) < 4.78 is 5.78. The number of rotatable bonds is 3. The summed E-state index contributed by atoms with van der Waals surface area (Å²) in [6.07, 6.45) is 1.74. The molecule has 1 aliphatic heterocycles. The Morgan fingerprint density at radius 2 is 2.20 bits per heavy atom. The van der Waals surface area contributed by atoms with Gasteiger partial charge >= 0.3 is 0 Å². The average Bonchev–Trinajstić information content (AvgIpc) is 3.01. The molecule has 4 rings (SSSR count). The number of pyridine rings is 1. The summed E-state index contributed by atoms with van der Waals surface area (Å²) in [5.74, 6) is 0.594. The Morgan fingerprint density at radius 3 is 2.96 bits per heavy atom. The monoisotopic (exact) mass is 351 g/mol. The minimum atomic E-state index is -0.0352. The van der Waals surface area contributed by atoms with Crippen molar-refractivity contribution < 1.29 is 9.53 Å². The second kappa shape index (κ2) is 6.64. The minimum Gasteiger partial charge on any atom is -0.491 e. The SMILES string of the molecule is Cc1nc(-c2ccc3c(c2)C(=O)N(Cc2ccccn2)CCO3)cs1. The predicted octanol–water partition coefficient (Wildman–Crippen LogP) is 3.55. The van der Waals surface area contributed by atoms with Crippen LogP contribution in [-0.4, -0.2) is 33.9 Å². The van der Waals surface area contributed by atoms with Crippen molar-refractivity contribution in [1.29, 1.82) is 0 Å². The fourth-order valence-electron chi connectivity index (χ4n) is 2.85. The number of aryl methyl sites for hydroxylation is 1. The van der Waals surface area contributed by atoms with Crippen LogP contribution in [-0.2, 0) is 6.54 Å². The van der Waals surface area contributed by atoms with Gasteiger partial charge < -0.3 is 9.64 Å². The van der Waals surface area contributed by atoms with Crippen molar-refractivity contribution >= 4 is 17.2 Å². The maximum Gasteiger partial charge on any atom is 0.258 e. The van der Waals surface area contributed by atoms with Gasteiger partial charge in [0.25, 0.3) is 5.91 Å². The highest BCUT2D eigenvalue weighted by molar-refractivity contribution is 7.09. The van der Waals surface area contributed by atoms with Gasteiger partial charge in [-0.2, -0.15) is 0 Å². The zero-order chi connectivity index (χ0) is 17.2. The molecule has 0 unspecified atom stereocenters. The molecule has 0 N–H and O–H groups in total. The van der Waals surface area contributed by atoms with E-state index in [-0.39, 0.29) is 5.91 Å². The lowest BCUT2D eigenvalue weighted by Crippen LogP contribution is -2.32. The molecule has 0 spiro atoms. The number of carbonyl (C=O) groups excluding carboxylic acids is 1. The van der Waals surface area contributed by atoms with Crippen molar-refractivity contribution in [3.8, 4) is 17.0 Å². The molecule has 3 heterocycles. The van der Waals surface area contributed by atoms with Crippen molar-refractivity contribution in [1.82, 2.24) is 14.9 Å². The Balaban J connectivity index is 1.66. The summed E-state index contributed by atoms with van der Waals surface area (Å²) in [6.45, 7) is 3.46. The van der Waals surface area contributed by atoms with Crippen LogP contribution in [0.2, 0.25) is 0 Å². The number of fused-ring (bicyclic) bond motifs is 1. The number of amides is 1. The summed E-state index contributed by atoms with van der Waals surface area (Å²) in [5.41, 5.74) is 3.26. The molecule has 5 nitrogen and oxygen atoms in total. The highest BCUT2D eigenvalue weighted by Gasteiger charge is 2.24. The van der Waals surface area contributed by atoms with E-state index in [2.05, 4.69) is 9.97 Å². The van der Waals surface area contributed by atoms with Crippen LogP contribution in [0.4, 0.5) is 0 Å². The Hall–Kier alpha value is -2.73. The molecule has 1 amide bonds. The molecule has 0 saturated carbocycles. The van der Waals surface area contributed by atoms with Crippen LogP contribution < -0.4 is 4.74 Å². The fraction of sp³-hybridized carbons (Fsp3) is 0.211. The second-order valence-electron chi connectivity index (χ2n) is 5.86. The summed E-state index contributed by atoms with van der Waals surface area (Å²) in [7, 11) is 0. The van der Waals surface area contributed by atoms with Crippen LogP contribution in [0, 0.1) is 6.92 Å². The molecule has 3 aromatic rings. The Labute approximate surface area is 149 Å². The lowest BCUT2D eigenvalue weighted by atomic mass is 10.1. The topological polar surface area (TPSA) is 55.3 Å². The number of thiazole rings is 1. The third kappa shape index (κ3) is 3.25. The van der Waals surface area contributed by atoms with Gasteiger partial charge in [0.15, 0.2) is 0 Å². The van der Waals surface area contributed by atoms with Gasteiger partial charge in [0.1, 0.15) is 12.4 Å². The zero-order valence-electron chi connectivity index (χ0n) is 13.8. The van der Waals surface area contributed by atoms with Gasteiger partial charge in [-0.15, -0.1) is 11.3 Å². The molecular formula is C19H17N3O2S. The summed E-state index contributed by atoms with van der Waals surface area (Å²) in [6, 6.07) is 11.4. The Morgan fingerprint density at radius 1 is 1.28 bits per heavy atom. The standard InChI is InChI=1S/C19H17N3O2S/c1-13-21-17(12-25-13)14-5-6-18-16(10-14)19(23)22(8-9-24-18)11-15-4-2-3-7-20-15/h2-7,10,12H,8-9,11H2,1H3. The average molecular weight is 351 g/mol. The number of benzene rings is 1. The number of carbonyl (C=O) groups is 1. The molecule has 2 aromatic heterocycles. The lowest BCUT2D eigenvalue weighted by Gasteiger charge is -2.19. The van der Waals surface area contributed by atoms with E-state index in [0.717, 1.165) is 22.0 Å². The van der Waals surface area contributed by atoms with Crippen LogP contribution in [0.15, 0.2) is 48.0 Å². The van der Waals surface area contributed by atoms with Crippen molar-refractivity contribution in [3.63, 3.8) is 0 Å². The molecule has 0 radical (unpaired) electrons. The van der Waals surface area contributed by atoms with Crippen LogP contribution in [0.3, 0.4) is 0 Å². The third-order valence-corrected chi connectivity index (χ3v) is 4.88. The number of hydrogen-bond donors (Lipinski definition) is 0. The van der Waals surface area contributed by atoms with E-state index < -0.39 is 0 Å². The molecule has 6 heteroatoms. The van der Waals surface area contributed by atoms with Crippen LogP contribution in [0.25, 0.3) is 11.3 Å². The summed E-state index contributed by atoms with van der Waals surface area (Å²) >= 11 is 1.60. The Kier molecular flexibility index (Phi) is 4.19. The van der Waals surface area contributed by atoms with Crippen molar-refractivity contribution in [3.05, 3.63) is 64.2 Å². The first-order chi connectivity index (χ1) is 12.2. The minimum absolute atomic E-state index is 0.0352. The normalized spacial score (nSPS) is 14.0. The van der Waals surface area contributed by atoms with E-state index in [1.54, 1.807) is 22.4 Å². The number of ether oxygens (including phenoxy) is 1. The van der Waals surface area contributed by atoms with E-state index >= 15 is 0 Å². The summed E-state index contributed by atoms with van der Waals surface area (Å²) in [4.78, 5) is 23.6. The van der Waals surface area contributed by atoms with Gasteiger partial charge in [0.05, 0.1) is 35.0 Å². The van der Waals surface area contributed by atoms with Gasteiger partial charge in [0.2, 0.25) is 0 Å². The quantitative estimate of drug-likeness (QED) is 0.724. The van der Waals surface area contributed by atoms with Gasteiger partial charge in [-0.3, -0.25) is 9.78 Å². The third-order valence-electron chi connectivity index (χ3n) is 4.11. The van der Waals surface area contributed by atoms with E-state index in [1.807, 2.05) is 48.7 Å². The second-order valence-corrected chi connectivity index (χ2v) is 6.92. The lowest BCUT2D eigenvalue weighted by molar-refractivity contribution is 0.0741. The van der Waals surface area contributed by atoms with E-state index in [9.17, 15) is 4.79 Å². The van der Waals surface area contributed by atoms with Gasteiger partial charge in [-0.05, 0) is 37.3 Å². The molecule has 0 atom stereocenters. The molecule has 126 valence electrons. The van der Waals surface area contributed by atoms with Crippen LogP contribution in [0.5, 0.6) is 5.75 Å². The van der Waals surface area contributed by atoms with Crippen molar-refractivity contribution in [2.75, 3.05) is 13.2 Å². The highest BCUT2D eigenvalue weighted by atomic mass is 32.1. The largest absolute Gasteiger partial charge is 0.491 e. The fourth-order valence-corrected chi connectivity index (χ4v) is 3.48. The Bertz CT molecular complexity index is 908. The smallest absolute Gasteiger partial charge is 0.258 e. The molecule has 25 heavy (non-hydrogen) atoms. The molecule has 0 saturated heterocycles.